The minimum absolute atomic E-state index is 0.254. The Labute approximate surface area is 108 Å². The molecule has 18 heavy (non-hydrogen) atoms. The van der Waals surface area contributed by atoms with Gasteiger partial charge in [0.1, 0.15) is 5.52 Å². The maximum atomic E-state index is 10.9. The van der Waals surface area contributed by atoms with Crippen molar-refractivity contribution in [2.75, 3.05) is 5.75 Å². The second-order valence-corrected chi connectivity index (χ2v) is 5.82. The molecule has 0 radical (unpaired) electrons. The standard InChI is InChI=1S/C12H13N3O2S/c16-12(17)8-3-4-11-10(6-8)13-14-15(11)7-9-2-1-5-18-9/h3-4,6,9H,1-2,5,7H2,(H,16,17). The lowest BCUT2D eigenvalue weighted by atomic mass is 10.2. The van der Waals surface area contributed by atoms with Gasteiger partial charge in [0.25, 0.3) is 0 Å². The highest BCUT2D eigenvalue weighted by Crippen LogP contribution is 2.28. The van der Waals surface area contributed by atoms with Crippen LogP contribution in [-0.2, 0) is 6.54 Å². The molecule has 1 aromatic heterocycles. The summed E-state index contributed by atoms with van der Waals surface area (Å²) in [6.45, 7) is 0.855. The molecule has 1 aliphatic rings. The Morgan fingerprint density at radius 2 is 2.44 bits per heavy atom. The van der Waals surface area contributed by atoms with Gasteiger partial charge in [0, 0.05) is 5.25 Å². The molecule has 0 bridgehead atoms. The van der Waals surface area contributed by atoms with E-state index < -0.39 is 5.97 Å². The number of aromatic carboxylic acids is 1. The highest BCUT2D eigenvalue weighted by atomic mass is 32.2. The minimum atomic E-state index is -0.933. The molecule has 1 fully saturated rings. The second kappa shape index (κ2) is 4.61. The number of aromatic nitrogens is 3. The summed E-state index contributed by atoms with van der Waals surface area (Å²) in [5.74, 6) is 0.290. The molecule has 6 heteroatoms. The maximum absolute atomic E-state index is 10.9. The van der Waals surface area contributed by atoms with E-state index in [4.69, 9.17) is 5.11 Å². The van der Waals surface area contributed by atoms with Crippen LogP contribution in [0.5, 0.6) is 0 Å². The van der Waals surface area contributed by atoms with Gasteiger partial charge >= 0.3 is 5.97 Å². The predicted octanol–water partition coefficient (Wildman–Crippen LogP) is 2.03. The molecule has 0 aliphatic carbocycles. The molecular formula is C12H13N3O2S. The van der Waals surface area contributed by atoms with Gasteiger partial charge in [-0.25, -0.2) is 9.48 Å². The Balaban J connectivity index is 1.91. The fourth-order valence-corrected chi connectivity index (χ4v) is 3.47. The molecule has 1 saturated heterocycles. The maximum Gasteiger partial charge on any atom is 0.335 e. The van der Waals surface area contributed by atoms with Gasteiger partial charge in [-0.05, 0) is 36.8 Å². The molecule has 94 valence electrons. The number of hydrogen-bond donors (Lipinski definition) is 1. The summed E-state index contributed by atoms with van der Waals surface area (Å²) in [6.07, 6.45) is 2.49. The van der Waals surface area contributed by atoms with Crippen LogP contribution in [-0.4, -0.2) is 37.1 Å². The summed E-state index contributed by atoms with van der Waals surface area (Å²) in [5, 5.41) is 17.7. The van der Waals surface area contributed by atoms with Crippen molar-refractivity contribution in [1.82, 2.24) is 15.0 Å². The molecule has 1 unspecified atom stereocenters. The molecule has 0 saturated carbocycles. The molecule has 3 rings (SSSR count). The van der Waals surface area contributed by atoms with E-state index in [1.54, 1.807) is 18.2 Å². The third-order valence-corrected chi connectivity index (χ3v) is 4.54. The largest absolute Gasteiger partial charge is 0.478 e. The Hall–Kier alpha value is -1.56. The topological polar surface area (TPSA) is 68.0 Å². The molecule has 1 aliphatic heterocycles. The molecule has 0 amide bonds. The zero-order chi connectivity index (χ0) is 12.5. The number of carboxylic acids is 1. The molecule has 2 aromatic rings. The van der Waals surface area contributed by atoms with Gasteiger partial charge < -0.3 is 5.11 Å². The molecule has 0 spiro atoms. The van der Waals surface area contributed by atoms with Crippen molar-refractivity contribution in [3.05, 3.63) is 23.8 Å². The van der Waals surface area contributed by atoms with Crippen LogP contribution in [0.15, 0.2) is 18.2 Å². The normalized spacial score (nSPS) is 19.4. The lowest BCUT2D eigenvalue weighted by Crippen LogP contribution is -2.11. The number of carboxylic acid groups (broad SMARTS) is 1. The van der Waals surface area contributed by atoms with E-state index in [1.807, 2.05) is 16.4 Å². The van der Waals surface area contributed by atoms with Gasteiger partial charge in [0.05, 0.1) is 17.6 Å². The number of benzene rings is 1. The van der Waals surface area contributed by atoms with Gasteiger partial charge in [0.15, 0.2) is 0 Å². The smallest absolute Gasteiger partial charge is 0.335 e. The first kappa shape index (κ1) is 11.5. The number of fused-ring (bicyclic) bond motifs is 1. The predicted molar refractivity (Wildman–Crippen MR) is 70.0 cm³/mol. The summed E-state index contributed by atoms with van der Waals surface area (Å²) in [5.41, 5.74) is 1.81. The van der Waals surface area contributed by atoms with Crippen molar-refractivity contribution in [1.29, 1.82) is 0 Å². The van der Waals surface area contributed by atoms with E-state index in [1.165, 1.54) is 18.6 Å². The quantitative estimate of drug-likeness (QED) is 0.917. The average molecular weight is 263 g/mol. The SMILES string of the molecule is O=C(O)c1ccc2c(c1)nnn2CC1CCCS1. The fraction of sp³-hybridized carbons (Fsp3) is 0.417. The van der Waals surface area contributed by atoms with Crippen LogP contribution >= 0.6 is 11.8 Å². The van der Waals surface area contributed by atoms with Gasteiger partial charge in [-0.15, -0.1) is 5.10 Å². The summed E-state index contributed by atoms with van der Waals surface area (Å²) in [4.78, 5) is 10.9. The number of thioether (sulfide) groups is 1. The van der Waals surface area contributed by atoms with Crippen molar-refractivity contribution in [2.24, 2.45) is 0 Å². The third kappa shape index (κ3) is 2.08. The van der Waals surface area contributed by atoms with E-state index >= 15 is 0 Å². The number of hydrogen-bond acceptors (Lipinski definition) is 4. The first-order valence-electron chi connectivity index (χ1n) is 5.92. The third-order valence-electron chi connectivity index (χ3n) is 3.16. The van der Waals surface area contributed by atoms with Crippen molar-refractivity contribution in [2.45, 2.75) is 24.6 Å². The summed E-state index contributed by atoms with van der Waals surface area (Å²) in [6, 6.07) is 4.97. The first-order chi connectivity index (χ1) is 8.74. The molecular weight excluding hydrogens is 250 g/mol. The Morgan fingerprint density at radius 1 is 1.56 bits per heavy atom. The van der Waals surface area contributed by atoms with Crippen LogP contribution in [0, 0.1) is 0 Å². The first-order valence-corrected chi connectivity index (χ1v) is 6.97. The Kier molecular flexibility index (Phi) is 2.95. The molecule has 1 aromatic carbocycles. The zero-order valence-electron chi connectivity index (χ0n) is 9.74. The fourth-order valence-electron chi connectivity index (χ4n) is 2.22. The van der Waals surface area contributed by atoms with Crippen LogP contribution in [0.4, 0.5) is 0 Å². The van der Waals surface area contributed by atoms with Gasteiger partial charge in [0.2, 0.25) is 0 Å². The van der Waals surface area contributed by atoms with Crippen molar-refractivity contribution in [3.8, 4) is 0 Å². The second-order valence-electron chi connectivity index (χ2n) is 4.42. The highest BCUT2D eigenvalue weighted by molar-refractivity contribution is 8.00. The van der Waals surface area contributed by atoms with Gasteiger partial charge in [-0.2, -0.15) is 11.8 Å². The number of nitrogens with zero attached hydrogens (tertiary/aromatic N) is 3. The van der Waals surface area contributed by atoms with Crippen LogP contribution < -0.4 is 0 Å². The van der Waals surface area contributed by atoms with Crippen LogP contribution in [0.2, 0.25) is 0 Å². The summed E-state index contributed by atoms with van der Waals surface area (Å²) >= 11 is 1.97. The summed E-state index contributed by atoms with van der Waals surface area (Å²) < 4.78 is 1.88. The van der Waals surface area contributed by atoms with Crippen LogP contribution in [0.3, 0.4) is 0 Å². The van der Waals surface area contributed by atoms with E-state index in [0.717, 1.165) is 12.1 Å². The van der Waals surface area contributed by atoms with Gasteiger partial charge in [-0.1, -0.05) is 5.21 Å². The lowest BCUT2D eigenvalue weighted by Gasteiger charge is -2.08. The highest BCUT2D eigenvalue weighted by Gasteiger charge is 2.18. The van der Waals surface area contributed by atoms with Crippen LogP contribution in [0.1, 0.15) is 23.2 Å². The summed E-state index contributed by atoms with van der Waals surface area (Å²) in [7, 11) is 0. The van der Waals surface area contributed by atoms with Gasteiger partial charge in [-0.3, -0.25) is 0 Å². The molecule has 1 N–H and O–H groups in total. The van der Waals surface area contributed by atoms with E-state index in [-0.39, 0.29) is 5.56 Å². The Morgan fingerprint density at radius 3 is 3.17 bits per heavy atom. The molecule has 2 heterocycles. The van der Waals surface area contributed by atoms with Crippen LogP contribution in [0.25, 0.3) is 11.0 Å². The Bertz CT molecular complexity index is 590. The molecule has 5 nitrogen and oxygen atoms in total. The monoisotopic (exact) mass is 263 g/mol. The van der Waals surface area contributed by atoms with Crippen molar-refractivity contribution >= 4 is 28.8 Å². The van der Waals surface area contributed by atoms with Crippen molar-refractivity contribution in [3.63, 3.8) is 0 Å². The zero-order valence-corrected chi connectivity index (χ0v) is 10.6. The van der Waals surface area contributed by atoms with Crippen molar-refractivity contribution < 1.29 is 9.90 Å². The lowest BCUT2D eigenvalue weighted by molar-refractivity contribution is 0.0697. The number of rotatable bonds is 3. The van der Waals surface area contributed by atoms with E-state index in [0.29, 0.717) is 10.8 Å². The average Bonchev–Trinajstić information content (AvgIpc) is 2.99. The molecule has 1 atom stereocenters. The minimum Gasteiger partial charge on any atom is -0.478 e. The number of carbonyl (C=O) groups is 1. The van der Waals surface area contributed by atoms with E-state index in [9.17, 15) is 4.79 Å². The van der Waals surface area contributed by atoms with E-state index in [2.05, 4.69) is 10.3 Å².